The lowest BCUT2D eigenvalue weighted by Crippen LogP contribution is -2.62. The Hall–Kier alpha value is 0.1000. The van der Waals surface area contributed by atoms with Gasteiger partial charge in [-0.1, -0.05) is 13.8 Å². The lowest BCUT2D eigenvalue weighted by molar-refractivity contribution is -0.125. The van der Waals surface area contributed by atoms with Crippen molar-refractivity contribution in [3.05, 3.63) is 20.8 Å². The van der Waals surface area contributed by atoms with Crippen molar-refractivity contribution in [2.75, 3.05) is 13.2 Å². The van der Waals surface area contributed by atoms with Gasteiger partial charge in [0.15, 0.2) is 0 Å². The van der Waals surface area contributed by atoms with Crippen LogP contribution in [-0.4, -0.2) is 25.3 Å². The summed E-state index contributed by atoms with van der Waals surface area (Å²) in [5, 5.41) is 3.72. The maximum absolute atomic E-state index is 5.84. The number of hydrogen-bond donors (Lipinski definition) is 1. The second-order valence-electron chi connectivity index (χ2n) is 5.50. The van der Waals surface area contributed by atoms with Crippen LogP contribution in [0.4, 0.5) is 0 Å². The molecule has 1 saturated carbocycles. The van der Waals surface area contributed by atoms with Crippen LogP contribution in [0.25, 0.3) is 0 Å². The number of nitrogens with one attached hydrogen (secondary N) is 1. The van der Waals surface area contributed by atoms with E-state index in [1.54, 1.807) is 0 Å². The quantitative estimate of drug-likeness (QED) is 0.797. The summed E-state index contributed by atoms with van der Waals surface area (Å²) < 4.78 is 7.06. The van der Waals surface area contributed by atoms with Gasteiger partial charge >= 0.3 is 0 Å². The van der Waals surface area contributed by atoms with Gasteiger partial charge in [-0.3, -0.25) is 0 Å². The van der Waals surface area contributed by atoms with E-state index in [2.05, 4.69) is 54.2 Å². The van der Waals surface area contributed by atoms with Crippen molar-refractivity contribution in [2.45, 2.75) is 52.2 Å². The fourth-order valence-electron chi connectivity index (χ4n) is 2.92. The monoisotopic (exact) mass is 345 g/mol. The van der Waals surface area contributed by atoms with E-state index in [9.17, 15) is 0 Å². The first kappa shape index (κ1) is 15.5. The molecule has 1 aromatic heterocycles. The highest BCUT2D eigenvalue weighted by molar-refractivity contribution is 9.11. The van der Waals surface area contributed by atoms with E-state index in [1.807, 2.05) is 11.3 Å². The molecule has 0 saturated heterocycles. The molecule has 0 radical (unpaired) electrons. The van der Waals surface area contributed by atoms with Gasteiger partial charge in [-0.15, -0.1) is 11.3 Å². The molecule has 0 aromatic carbocycles. The molecule has 3 atom stereocenters. The van der Waals surface area contributed by atoms with Crippen LogP contribution in [-0.2, 0) is 11.2 Å². The molecule has 0 spiro atoms. The van der Waals surface area contributed by atoms with Crippen LogP contribution in [0.3, 0.4) is 0 Å². The molecule has 0 bridgehead atoms. The van der Waals surface area contributed by atoms with Gasteiger partial charge in [0.2, 0.25) is 0 Å². The molecular formula is C15H24BrNOS. The van der Waals surface area contributed by atoms with E-state index in [1.165, 1.54) is 15.1 Å². The Bertz CT molecular complexity index is 409. The lowest BCUT2D eigenvalue weighted by atomic mass is 9.61. The zero-order chi connectivity index (χ0) is 13.9. The molecule has 4 heteroatoms. The second-order valence-corrected chi connectivity index (χ2v) is 8.05. The van der Waals surface area contributed by atoms with Gasteiger partial charge < -0.3 is 10.1 Å². The molecule has 3 unspecified atom stereocenters. The fraction of sp³-hybridized carbons (Fsp3) is 0.733. The normalized spacial score (nSPS) is 30.3. The first-order chi connectivity index (χ1) is 9.10. The molecule has 1 aliphatic rings. The minimum Gasteiger partial charge on any atom is -0.378 e. The first-order valence-corrected chi connectivity index (χ1v) is 8.80. The third-order valence-corrected chi connectivity index (χ3v) is 6.19. The summed E-state index contributed by atoms with van der Waals surface area (Å²) in [6.45, 7) is 8.61. The van der Waals surface area contributed by atoms with Crippen LogP contribution in [0.15, 0.2) is 15.9 Å². The highest BCUT2D eigenvalue weighted by Crippen LogP contribution is 2.45. The van der Waals surface area contributed by atoms with Crippen molar-refractivity contribution in [3.63, 3.8) is 0 Å². The Kier molecular flexibility index (Phi) is 5.46. The summed E-state index contributed by atoms with van der Waals surface area (Å²) in [4.78, 5) is 1.44. The van der Waals surface area contributed by atoms with Gasteiger partial charge in [-0.2, -0.15) is 0 Å². The van der Waals surface area contributed by atoms with Crippen molar-refractivity contribution in [1.82, 2.24) is 5.32 Å². The number of halogens is 1. The van der Waals surface area contributed by atoms with Crippen LogP contribution in [0.5, 0.6) is 0 Å². The van der Waals surface area contributed by atoms with Gasteiger partial charge in [-0.25, -0.2) is 0 Å². The SMILES string of the molecule is CCOC1CC(NCCc2ccc(Br)s2)C1(C)CC. The Labute approximate surface area is 129 Å². The molecule has 108 valence electrons. The number of rotatable bonds is 7. The molecule has 0 amide bonds. The molecule has 1 heterocycles. The Morgan fingerprint density at radius 1 is 1.47 bits per heavy atom. The summed E-state index contributed by atoms with van der Waals surface area (Å²) in [5.41, 5.74) is 0.312. The fourth-order valence-corrected chi connectivity index (χ4v) is 4.40. The third kappa shape index (κ3) is 3.41. The lowest BCUT2D eigenvalue weighted by Gasteiger charge is -2.53. The summed E-state index contributed by atoms with van der Waals surface area (Å²) in [6.07, 6.45) is 3.90. The summed E-state index contributed by atoms with van der Waals surface area (Å²) in [7, 11) is 0. The summed E-state index contributed by atoms with van der Waals surface area (Å²) in [5.74, 6) is 0. The summed E-state index contributed by atoms with van der Waals surface area (Å²) >= 11 is 5.35. The minimum absolute atomic E-state index is 0.312. The Balaban J connectivity index is 1.77. The van der Waals surface area contributed by atoms with Crippen molar-refractivity contribution in [3.8, 4) is 0 Å². The molecule has 1 aromatic rings. The van der Waals surface area contributed by atoms with Crippen molar-refractivity contribution in [1.29, 1.82) is 0 Å². The van der Waals surface area contributed by atoms with E-state index in [0.29, 0.717) is 17.6 Å². The van der Waals surface area contributed by atoms with Crippen LogP contribution >= 0.6 is 27.3 Å². The van der Waals surface area contributed by atoms with Crippen molar-refractivity contribution >= 4 is 27.3 Å². The van der Waals surface area contributed by atoms with Crippen molar-refractivity contribution < 1.29 is 4.74 Å². The average molecular weight is 346 g/mol. The second kappa shape index (κ2) is 6.70. The van der Waals surface area contributed by atoms with Gasteiger partial charge in [0.25, 0.3) is 0 Å². The topological polar surface area (TPSA) is 21.3 Å². The van der Waals surface area contributed by atoms with Crippen LogP contribution in [0.1, 0.15) is 38.5 Å². The van der Waals surface area contributed by atoms with Crippen molar-refractivity contribution in [2.24, 2.45) is 5.41 Å². The standard InChI is InChI=1S/C15H24BrNOS/c1-4-15(3)12(10-13(15)18-5-2)17-9-8-11-6-7-14(16)19-11/h6-7,12-13,17H,4-5,8-10H2,1-3H3. The predicted molar refractivity (Wildman–Crippen MR) is 85.9 cm³/mol. The highest BCUT2D eigenvalue weighted by atomic mass is 79.9. The van der Waals surface area contributed by atoms with Crippen LogP contribution < -0.4 is 5.32 Å². The van der Waals surface area contributed by atoms with Crippen LogP contribution in [0.2, 0.25) is 0 Å². The number of thiophene rings is 1. The number of hydrogen-bond acceptors (Lipinski definition) is 3. The van der Waals surface area contributed by atoms with Gasteiger partial charge in [-0.05, 0) is 54.2 Å². The zero-order valence-corrected chi connectivity index (χ0v) is 14.4. The largest absolute Gasteiger partial charge is 0.378 e. The average Bonchev–Trinajstić information content (AvgIpc) is 2.81. The van der Waals surface area contributed by atoms with Gasteiger partial charge in [0.05, 0.1) is 9.89 Å². The van der Waals surface area contributed by atoms with E-state index >= 15 is 0 Å². The maximum atomic E-state index is 5.84. The van der Waals surface area contributed by atoms with E-state index < -0.39 is 0 Å². The predicted octanol–water partition coefficient (Wildman–Crippen LogP) is 4.24. The van der Waals surface area contributed by atoms with E-state index in [4.69, 9.17) is 4.74 Å². The molecule has 1 fully saturated rings. The van der Waals surface area contributed by atoms with Gasteiger partial charge in [0.1, 0.15) is 0 Å². The number of ether oxygens (including phenoxy) is 1. The molecule has 0 aliphatic heterocycles. The molecule has 2 rings (SSSR count). The van der Waals surface area contributed by atoms with Crippen LogP contribution in [0, 0.1) is 5.41 Å². The summed E-state index contributed by atoms with van der Waals surface area (Å²) in [6, 6.07) is 4.95. The molecular weight excluding hydrogens is 322 g/mol. The van der Waals surface area contributed by atoms with E-state index in [-0.39, 0.29) is 0 Å². The molecule has 1 N–H and O–H groups in total. The molecule has 19 heavy (non-hydrogen) atoms. The maximum Gasteiger partial charge on any atom is 0.0701 e. The van der Waals surface area contributed by atoms with Gasteiger partial charge in [0, 0.05) is 29.5 Å². The Morgan fingerprint density at radius 2 is 2.26 bits per heavy atom. The molecule has 2 nitrogen and oxygen atoms in total. The first-order valence-electron chi connectivity index (χ1n) is 7.19. The molecule has 1 aliphatic carbocycles. The highest BCUT2D eigenvalue weighted by Gasteiger charge is 2.50. The zero-order valence-electron chi connectivity index (χ0n) is 12.0. The minimum atomic E-state index is 0.312. The van der Waals surface area contributed by atoms with E-state index in [0.717, 1.165) is 26.0 Å². The third-order valence-electron chi connectivity index (χ3n) is 4.50. The smallest absolute Gasteiger partial charge is 0.0701 e. The Morgan fingerprint density at radius 3 is 2.84 bits per heavy atom.